The number of nitrogens with zero attached hydrogens (tertiary/aromatic N) is 6. The molecule has 58 heavy (non-hydrogen) atoms. The minimum Gasteiger partial charge on any atom is -0.461 e. The number of hydrogen-bond acceptors (Lipinski definition) is 10. The van der Waals surface area contributed by atoms with E-state index in [1.54, 1.807) is 11.8 Å². The summed E-state index contributed by atoms with van der Waals surface area (Å²) in [4.78, 5) is 45.1. The topological polar surface area (TPSA) is 122 Å². The fourth-order valence-electron chi connectivity index (χ4n) is 9.69. The van der Waals surface area contributed by atoms with Crippen molar-refractivity contribution in [3.8, 4) is 23.0 Å². The first-order valence-electron chi connectivity index (χ1n) is 20.0. The van der Waals surface area contributed by atoms with Gasteiger partial charge in [-0.2, -0.15) is 9.97 Å². The van der Waals surface area contributed by atoms with Crippen LogP contribution in [0.25, 0.3) is 32.9 Å². The summed E-state index contributed by atoms with van der Waals surface area (Å²) in [5.41, 5.74) is -1.94. The molecule has 0 spiro atoms. The van der Waals surface area contributed by atoms with E-state index in [1.165, 1.54) is 35.4 Å². The lowest BCUT2D eigenvalue weighted by atomic mass is 9.90. The number of alkyl carbamates (subject to hydrolysis) is 1. The van der Waals surface area contributed by atoms with Crippen LogP contribution in [0.3, 0.4) is 0 Å². The number of pyridine rings is 1. The van der Waals surface area contributed by atoms with Gasteiger partial charge in [0.05, 0.1) is 36.2 Å². The van der Waals surface area contributed by atoms with Crippen LogP contribution in [0.1, 0.15) is 57.4 Å². The molecule has 5 atom stereocenters. The Morgan fingerprint density at radius 1 is 1.02 bits per heavy atom. The molecule has 2 aromatic carbocycles. The highest BCUT2D eigenvalue weighted by atomic mass is 19.1. The van der Waals surface area contributed by atoms with E-state index in [1.807, 2.05) is 0 Å². The van der Waals surface area contributed by atoms with Gasteiger partial charge in [0.15, 0.2) is 5.82 Å². The van der Waals surface area contributed by atoms with E-state index in [4.69, 9.17) is 14.2 Å². The van der Waals surface area contributed by atoms with Gasteiger partial charge in [-0.1, -0.05) is 6.07 Å². The predicted molar refractivity (Wildman–Crippen MR) is 203 cm³/mol. The first kappa shape index (κ1) is 38.5. The molecular formula is C41H44F5N7O5. The Bertz CT molecular complexity index is 2290. The summed E-state index contributed by atoms with van der Waals surface area (Å²) >= 11 is 0. The second-order valence-corrected chi connectivity index (χ2v) is 16.6. The number of nitrogens with one attached hydrogen (secondary N) is 1. The van der Waals surface area contributed by atoms with Gasteiger partial charge in [-0.15, -0.1) is 0 Å². The minimum atomic E-state index is -1.43. The third-order valence-corrected chi connectivity index (χ3v) is 12.2. The first-order chi connectivity index (χ1) is 27.9. The summed E-state index contributed by atoms with van der Waals surface area (Å²) < 4.78 is 95.5. The molecule has 10 rings (SSSR count). The van der Waals surface area contributed by atoms with E-state index in [9.17, 15) is 18.4 Å². The molecule has 0 aliphatic carbocycles. The zero-order valence-corrected chi connectivity index (χ0v) is 32.0. The molecule has 4 saturated heterocycles. The van der Waals surface area contributed by atoms with Gasteiger partial charge in [0, 0.05) is 44.2 Å². The first-order valence-corrected chi connectivity index (χ1v) is 20.0. The molecule has 6 aliphatic heterocycles. The Kier molecular flexibility index (Phi) is 9.91. The summed E-state index contributed by atoms with van der Waals surface area (Å²) in [7, 11) is 0. The smallest absolute Gasteiger partial charge is 0.415 e. The highest BCUT2D eigenvalue weighted by molar-refractivity contribution is 6.02. The molecule has 308 valence electrons. The van der Waals surface area contributed by atoms with Crippen molar-refractivity contribution in [3.63, 3.8) is 0 Å². The number of hydrogen-bond donors (Lipinski definition) is 1. The lowest BCUT2D eigenvalue weighted by molar-refractivity contribution is 0.107. The number of ether oxygens (including phenoxy) is 3. The highest BCUT2D eigenvalue weighted by Crippen LogP contribution is 2.43. The number of carbonyl (C=O) groups excluding carboxylic acids is 2. The van der Waals surface area contributed by atoms with Crippen molar-refractivity contribution in [3.05, 3.63) is 47.7 Å². The minimum absolute atomic E-state index is 0.00433. The molecule has 0 radical (unpaired) electrons. The largest absolute Gasteiger partial charge is 0.461 e. The van der Waals surface area contributed by atoms with E-state index < -0.39 is 53.4 Å². The molecule has 4 aromatic rings. The van der Waals surface area contributed by atoms with Crippen LogP contribution in [-0.2, 0) is 11.2 Å². The van der Waals surface area contributed by atoms with Crippen LogP contribution in [0, 0.1) is 11.6 Å². The van der Waals surface area contributed by atoms with E-state index >= 15 is 13.2 Å². The zero-order chi connectivity index (χ0) is 40.3. The maximum atomic E-state index is 17.5. The van der Waals surface area contributed by atoms with Crippen LogP contribution in [0.2, 0.25) is 0 Å². The van der Waals surface area contributed by atoms with Crippen molar-refractivity contribution in [2.75, 3.05) is 57.4 Å². The third kappa shape index (κ3) is 7.19. The molecule has 6 aliphatic rings. The molecule has 1 N–H and O–H groups in total. The van der Waals surface area contributed by atoms with Gasteiger partial charge in [0.1, 0.15) is 53.7 Å². The average molecular weight is 810 g/mol. The number of aryl methyl sites for hydroxylation is 1. The van der Waals surface area contributed by atoms with Gasteiger partial charge in [-0.3, -0.25) is 9.88 Å². The lowest BCUT2D eigenvalue weighted by Crippen LogP contribution is -2.60. The molecule has 4 fully saturated rings. The standard InChI is InChI=1S/C41H44F5N7O5/c1-40-15-25(43)19-52(21-40)36-30-17-47-34(33(46)35(30)48-37(49-36)57-22-41-9-4-11-53(41)20-26(44)16-41)29-14-27(58-39(55)51-10-2-5-24(42)18-51)13-23-7-8-31(45)28(32(23)29)6-3-12-56-38(54)50-40/h7-8,13-14,17,24-26H,2-6,9-12,15-16,18-22H2,1H3,(H,50,54)/t24-,25+,26+,40+,41-/m0/s1. The van der Waals surface area contributed by atoms with Crippen LogP contribution in [0.5, 0.6) is 11.8 Å². The highest BCUT2D eigenvalue weighted by Gasteiger charge is 2.49. The summed E-state index contributed by atoms with van der Waals surface area (Å²) in [6.07, 6.45) is -1.03. The van der Waals surface area contributed by atoms with Crippen LogP contribution in [0.4, 0.5) is 37.4 Å². The predicted octanol–water partition coefficient (Wildman–Crippen LogP) is 6.99. The van der Waals surface area contributed by atoms with E-state index in [2.05, 4.69) is 25.2 Å². The number of alkyl halides is 3. The molecular weight excluding hydrogens is 765 g/mol. The number of rotatable bonds is 4. The molecule has 0 saturated carbocycles. The molecule has 17 heteroatoms. The monoisotopic (exact) mass is 809 g/mol. The number of anilines is 1. The molecule has 12 nitrogen and oxygen atoms in total. The number of piperidine rings is 2. The molecule has 8 heterocycles. The quantitative estimate of drug-likeness (QED) is 0.216. The fourth-order valence-corrected chi connectivity index (χ4v) is 9.69. The van der Waals surface area contributed by atoms with Crippen molar-refractivity contribution < 1.29 is 45.8 Å². The van der Waals surface area contributed by atoms with Crippen molar-refractivity contribution in [1.29, 1.82) is 0 Å². The van der Waals surface area contributed by atoms with E-state index in [0.717, 1.165) is 13.0 Å². The maximum Gasteiger partial charge on any atom is 0.415 e. The average Bonchev–Trinajstić information content (AvgIpc) is 3.71. The number of likely N-dealkylation sites (tertiary alicyclic amines) is 1. The van der Waals surface area contributed by atoms with Crippen molar-refractivity contribution in [2.24, 2.45) is 0 Å². The molecule has 6 bridgehead atoms. The second-order valence-electron chi connectivity index (χ2n) is 16.6. The van der Waals surface area contributed by atoms with Gasteiger partial charge in [0.25, 0.3) is 0 Å². The van der Waals surface area contributed by atoms with Crippen LogP contribution < -0.4 is 19.7 Å². The van der Waals surface area contributed by atoms with Crippen LogP contribution in [-0.4, -0.2) is 119 Å². The van der Waals surface area contributed by atoms with Crippen molar-refractivity contribution in [2.45, 2.75) is 87.9 Å². The third-order valence-electron chi connectivity index (χ3n) is 12.2. The SMILES string of the molecule is C[C@@]12C[C@@H](F)CN(C1)c1nc(OC[C@@]34CCCN3C[C@H](F)C4)nc3c(F)c(ncc13)-c1cc(OC(=O)N3CCC[C@H](F)C3)cc3ccc(F)c(c13)CCCOC(=O)N2. The van der Waals surface area contributed by atoms with Crippen LogP contribution in [0.15, 0.2) is 30.5 Å². The van der Waals surface area contributed by atoms with Gasteiger partial charge in [-0.05, 0) is 86.5 Å². The summed E-state index contributed by atoms with van der Waals surface area (Å²) in [5.74, 6) is -1.43. The van der Waals surface area contributed by atoms with Crippen LogP contribution >= 0.6 is 0 Å². The zero-order valence-electron chi connectivity index (χ0n) is 32.0. The summed E-state index contributed by atoms with van der Waals surface area (Å²) in [5, 5.41) is 3.59. The number of carbonyl (C=O) groups is 2. The van der Waals surface area contributed by atoms with Gasteiger partial charge in [0.2, 0.25) is 0 Å². The fraction of sp³-hybridized carbons (Fsp3) is 0.537. The Morgan fingerprint density at radius 3 is 2.71 bits per heavy atom. The summed E-state index contributed by atoms with van der Waals surface area (Å²) in [6.45, 7) is 2.70. The van der Waals surface area contributed by atoms with Crippen molar-refractivity contribution >= 4 is 39.7 Å². The van der Waals surface area contributed by atoms with Gasteiger partial charge in [-0.25, -0.2) is 31.5 Å². The molecule has 0 unspecified atom stereocenters. The number of fused-ring (bicyclic) bond motifs is 7. The Balaban J connectivity index is 1.21. The van der Waals surface area contributed by atoms with Crippen molar-refractivity contribution in [1.82, 2.24) is 30.1 Å². The van der Waals surface area contributed by atoms with E-state index in [0.29, 0.717) is 31.2 Å². The number of benzene rings is 2. The van der Waals surface area contributed by atoms with E-state index in [-0.39, 0.29) is 116 Å². The molecule has 2 amide bonds. The summed E-state index contributed by atoms with van der Waals surface area (Å²) in [6, 6.07) is 5.41. The van der Waals surface area contributed by atoms with Gasteiger partial charge >= 0.3 is 18.2 Å². The normalized spacial score (nSPS) is 27.8. The number of aromatic nitrogens is 3. The maximum absolute atomic E-state index is 17.5. The second kappa shape index (κ2) is 15.0. The number of halogens is 5. The van der Waals surface area contributed by atoms with Gasteiger partial charge < -0.3 is 29.3 Å². The molecule has 2 aromatic heterocycles. The Labute approximate surface area is 331 Å². The Morgan fingerprint density at radius 2 is 1.86 bits per heavy atom. The lowest BCUT2D eigenvalue weighted by Gasteiger charge is -2.42. The number of amides is 2. The Hall–Kier alpha value is -5.06.